The van der Waals surface area contributed by atoms with Crippen molar-refractivity contribution in [3.8, 4) is 0 Å². The number of carbonyl (C=O) groups excluding carboxylic acids is 2. The summed E-state index contributed by atoms with van der Waals surface area (Å²) in [5.74, 6) is 1.69. The van der Waals surface area contributed by atoms with Crippen LogP contribution in [0.4, 0.5) is 0 Å². The molecule has 2 aromatic rings. The standard InChI is InChI=1S/C16H17N3O2S/c1-11-3-2-4-13-17-12(8-18(11)13)9-19-14(20)7-16(15(19)21)5-6-22-10-16/h2-4,8H,5-7,9-10H2,1H3/t16-/m0/s1. The monoisotopic (exact) mass is 315 g/mol. The van der Waals surface area contributed by atoms with Gasteiger partial charge < -0.3 is 4.40 Å². The summed E-state index contributed by atoms with van der Waals surface area (Å²) in [6.07, 6.45) is 3.11. The Kier molecular flexibility index (Phi) is 3.04. The summed E-state index contributed by atoms with van der Waals surface area (Å²) in [5.41, 5.74) is 2.26. The van der Waals surface area contributed by atoms with E-state index in [2.05, 4.69) is 4.98 Å². The molecule has 6 heteroatoms. The molecular formula is C16H17N3O2S. The molecule has 0 bridgehead atoms. The molecule has 2 aromatic heterocycles. The maximum absolute atomic E-state index is 12.7. The van der Waals surface area contributed by atoms with Crippen LogP contribution in [0.25, 0.3) is 5.65 Å². The van der Waals surface area contributed by atoms with Crippen LogP contribution in [-0.4, -0.2) is 37.6 Å². The molecule has 0 aliphatic carbocycles. The van der Waals surface area contributed by atoms with Gasteiger partial charge in [0, 0.05) is 24.1 Å². The maximum Gasteiger partial charge on any atom is 0.237 e. The summed E-state index contributed by atoms with van der Waals surface area (Å²) in [6, 6.07) is 5.90. The van der Waals surface area contributed by atoms with Gasteiger partial charge in [0.15, 0.2) is 0 Å². The molecule has 4 rings (SSSR count). The van der Waals surface area contributed by atoms with E-state index < -0.39 is 5.41 Å². The maximum atomic E-state index is 12.7. The highest BCUT2D eigenvalue weighted by molar-refractivity contribution is 7.99. The molecule has 114 valence electrons. The van der Waals surface area contributed by atoms with Crippen molar-refractivity contribution in [3.05, 3.63) is 35.8 Å². The lowest BCUT2D eigenvalue weighted by molar-refractivity contribution is -0.141. The van der Waals surface area contributed by atoms with Crippen molar-refractivity contribution in [2.45, 2.75) is 26.3 Å². The van der Waals surface area contributed by atoms with Crippen molar-refractivity contribution in [3.63, 3.8) is 0 Å². The van der Waals surface area contributed by atoms with E-state index in [1.54, 1.807) is 11.8 Å². The zero-order valence-corrected chi connectivity index (χ0v) is 13.2. The van der Waals surface area contributed by atoms with E-state index in [0.717, 1.165) is 35.0 Å². The van der Waals surface area contributed by atoms with Crippen LogP contribution in [0.3, 0.4) is 0 Å². The molecule has 5 nitrogen and oxygen atoms in total. The Hall–Kier alpha value is -1.82. The summed E-state index contributed by atoms with van der Waals surface area (Å²) in [5, 5.41) is 0. The quantitative estimate of drug-likeness (QED) is 0.796. The highest BCUT2D eigenvalue weighted by Crippen LogP contribution is 2.45. The lowest BCUT2D eigenvalue weighted by Gasteiger charge is -2.19. The number of hydrogen-bond acceptors (Lipinski definition) is 4. The van der Waals surface area contributed by atoms with Gasteiger partial charge in [0.2, 0.25) is 11.8 Å². The van der Waals surface area contributed by atoms with E-state index in [1.807, 2.05) is 35.7 Å². The van der Waals surface area contributed by atoms with Gasteiger partial charge in [0.1, 0.15) is 5.65 Å². The number of fused-ring (bicyclic) bond motifs is 1. The number of amides is 2. The predicted molar refractivity (Wildman–Crippen MR) is 84.5 cm³/mol. The number of hydrogen-bond donors (Lipinski definition) is 0. The molecule has 2 amide bonds. The van der Waals surface area contributed by atoms with Gasteiger partial charge >= 0.3 is 0 Å². The van der Waals surface area contributed by atoms with Gasteiger partial charge in [-0.15, -0.1) is 0 Å². The minimum atomic E-state index is -0.434. The second kappa shape index (κ2) is 4.84. The molecule has 0 aromatic carbocycles. The molecular weight excluding hydrogens is 298 g/mol. The van der Waals surface area contributed by atoms with Gasteiger partial charge in [-0.25, -0.2) is 4.98 Å². The number of carbonyl (C=O) groups is 2. The van der Waals surface area contributed by atoms with E-state index in [0.29, 0.717) is 6.42 Å². The lowest BCUT2D eigenvalue weighted by Crippen LogP contribution is -2.35. The van der Waals surface area contributed by atoms with E-state index in [9.17, 15) is 9.59 Å². The van der Waals surface area contributed by atoms with E-state index in [-0.39, 0.29) is 18.4 Å². The van der Waals surface area contributed by atoms with Crippen LogP contribution in [0.15, 0.2) is 24.4 Å². The molecule has 4 heterocycles. The highest BCUT2D eigenvalue weighted by atomic mass is 32.2. The molecule has 0 unspecified atom stereocenters. The molecule has 0 saturated carbocycles. The van der Waals surface area contributed by atoms with Gasteiger partial charge in [-0.2, -0.15) is 11.8 Å². The number of rotatable bonds is 2. The Morgan fingerprint density at radius 2 is 2.23 bits per heavy atom. The molecule has 2 saturated heterocycles. The van der Waals surface area contributed by atoms with Gasteiger partial charge in [-0.1, -0.05) is 6.07 Å². The summed E-state index contributed by atoms with van der Waals surface area (Å²) >= 11 is 1.77. The van der Waals surface area contributed by atoms with Crippen molar-refractivity contribution in [1.29, 1.82) is 0 Å². The minimum Gasteiger partial charge on any atom is -0.304 e. The van der Waals surface area contributed by atoms with Crippen molar-refractivity contribution < 1.29 is 9.59 Å². The molecule has 22 heavy (non-hydrogen) atoms. The first-order valence-electron chi connectivity index (χ1n) is 7.45. The van der Waals surface area contributed by atoms with Gasteiger partial charge in [0.25, 0.3) is 0 Å². The number of likely N-dealkylation sites (tertiary alicyclic amines) is 1. The molecule has 0 N–H and O–H groups in total. The highest BCUT2D eigenvalue weighted by Gasteiger charge is 2.53. The summed E-state index contributed by atoms with van der Waals surface area (Å²) in [7, 11) is 0. The average molecular weight is 315 g/mol. The first-order valence-corrected chi connectivity index (χ1v) is 8.61. The van der Waals surface area contributed by atoms with Crippen molar-refractivity contribution in [2.24, 2.45) is 5.41 Å². The van der Waals surface area contributed by atoms with Crippen LogP contribution < -0.4 is 0 Å². The largest absolute Gasteiger partial charge is 0.304 e. The van der Waals surface area contributed by atoms with Crippen LogP contribution in [0.1, 0.15) is 24.2 Å². The van der Waals surface area contributed by atoms with Gasteiger partial charge in [0.05, 0.1) is 17.7 Å². The number of thioether (sulfide) groups is 1. The average Bonchev–Trinajstić information content (AvgIpc) is 3.16. The summed E-state index contributed by atoms with van der Waals surface area (Å²) < 4.78 is 1.99. The fourth-order valence-electron chi connectivity index (χ4n) is 3.37. The van der Waals surface area contributed by atoms with Crippen molar-refractivity contribution in [1.82, 2.24) is 14.3 Å². The van der Waals surface area contributed by atoms with Crippen LogP contribution in [-0.2, 0) is 16.1 Å². The lowest BCUT2D eigenvalue weighted by atomic mass is 9.86. The number of imidazole rings is 1. The number of pyridine rings is 1. The second-order valence-corrected chi connectivity index (χ2v) is 7.28. The molecule has 0 radical (unpaired) electrons. The first kappa shape index (κ1) is 13.8. The predicted octanol–water partition coefficient (Wildman–Crippen LogP) is 2.02. The van der Waals surface area contributed by atoms with Crippen LogP contribution in [0.2, 0.25) is 0 Å². The number of aromatic nitrogens is 2. The SMILES string of the molecule is Cc1cccc2nc(CN3C(=O)C[C@]4(CCSC4)C3=O)cn12. The zero-order chi connectivity index (χ0) is 15.3. The molecule has 1 atom stereocenters. The topological polar surface area (TPSA) is 54.7 Å². The minimum absolute atomic E-state index is 0.00345. The molecule has 2 aliphatic heterocycles. The normalized spacial score (nSPS) is 25.0. The van der Waals surface area contributed by atoms with Crippen LogP contribution in [0.5, 0.6) is 0 Å². The Morgan fingerprint density at radius 1 is 1.36 bits per heavy atom. The fraction of sp³-hybridized carbons (Fsp3) is 0.438. The second-order valence-electron chi connectivity index (χ2n) is 6.17. The van der Waals surface area contributed by atoms with Crippen LogP contribution >= 0.6 is 11.8 Å². The Labute approximate surface area is 132 Å². The summed E-state index contributed by atoms with van der Waals surface area (Å²) in [6.45, 7) is 2.29. The summed E-state index contributed by atoms with van der Waals surface area (Å²) in [4.78, 5) is 30.9. The van der Waals surface area contributed by atoms with E-state index in [4.69, 9.17) is 0 Å². The van der Waals surface area contributed by atoms with Crippen LogP contribution in [0, 0.1) is 12.3 Å². The third-order valence-electron chi connectivity index (χ3n) is 4.66. The zero-order valence-electron chi connectivity index (χ0n) is 12.4. The van der Waals surface area contributed by atoms with Gasteiger partial charge in [-0.3, -0.25) is 14.5 Å². The van der Waals surface area contributed by atoms with E-state index in [1.165, 1.54) is 4.90 Å². The third-order valence-corrected chi connectivity index (χ3v) is 5.91. The third kappa shape index (κ3) is 1.97. The smallest absolute Gasteiger partial charge is 0.237 e. The molecule has 2 fully saturated rings. The number of nitrogens with zero attached hydrogens (tertiary/aromatic N) is 3. The van der Waals surface area contributed by atoms with Crippen molar-refractivity contribution >= 4 is 29.2 Å². The van der Waals surface area contributed by atoms with Gasteiger partial charge in [-0.05, 0) is 31.2 Å². The number of aryl methyl sites for hydroxylation is 1. The fourth-order valence-corrected chi connectivity index (χ4v) is 4.81. The Balaban J connectivity index is 1.63. The Morgan fingerprint density at radius 3 is 2.95 bits per heavy atom. The molecule has 2 aliphatic rings. The van der Waals surface area contributed by atoms with E-state index >= 15 is 0 Å². The van der Waals surface area contributed by atoms with Crippen molar-refractivity contribution in [2.75, 3.05) is 11.5 Å². The number of imide groups is 1. The molecule has 1 spiro atoms. The first-order chi connectivity index (χ1) is 10.6. The Bertz CT molecular complexity index is 777.